The van der Waals surface area contributed by atoms with E-state index in [1.807, 2.05) is 35.2 Å². The molecule has 54 heavy (non-hydrogen) atoms. The summed E-state index contributed by atoms with van der Waals surface area (Å²) in [6.07, 6.45) is 6.14. The van der Waals surface area contributed by atoms with Gasteiger partial charge < -0.3 is 28.7 Å². The van der Waals surface area contributed by atoms with E-state index in [0.717, 1.165) is 68.3 Å². The fourth-order valence-electron chi connectivity index (χ4n) is 9.27. The predicted octanol–water partition coefficient (Wildman–Crippen LogP) is 7.92. The summed E-state index contributed by atoms with van der Waals surface area (Å²) in [5, 5.41) is 0. The third-order valence-electron chi connectivity index (χ3n) is 12.2. The van der Waals surface area contributed by atoms with Crippen LogP contribution in [0.3, 0.4) is 0 Å². The van der Waals surface area contributed by atoms with Gasteiger partial charge in [-0.15, -0.1) is 0 Å². The lowest BCUT2D eigenvalue weighted by atomic mass is 9.79. The molecule has 4 aromatic carbocycles. The number of benzene rings is 4. The second kappa shape index (κ2) is 17.0. The molecule has 0 N–H and O–H groups in total. The highest BCUT2D eigenvalue weighted by atomic mass is 16.5. The van der Waals surface area contributed by atoms with Crippen LogP contribution >= 0.6 is 0 Å². The van der Waals surface area contributed by atoms with Crippen molar-refractivity contribution < 1.29 is 28.5 Å². The Balaban J connectivity index is 1.19. The Morgan fingerprint density at radius 3 is 1.57 bits per heavy atom. The van der Waals surface area contributed by atoms with Gasteiger partial charge in [-0.1, -0.05) is 66.7 Å². The number of ether oxygens (including phenoxy) is 4. The van der Waals surface area contributed by atoms with Crippen molar-refractivity contribution in [2.45, 2.75) is 56.8 Å². The zero-order valence-corrected chi connectivity index (χ0v) is 32.2. The Kier molecular flexibility index (Phi) is 11.8. The van der Waals surface area contributed by atoms with Crippen molar-refractivity contribution in [1.29, 1.82) is 0 Å². The van der Waals surface area contributed by atoms with Gasteiger partial charge >= 0.3 is 0 Å². The first-order chi connectivity index (χ1) is 26.4. The monoisotopic (exact) mass is 730 g/mol. The summed E-state index contributed by atoms with van der Waals surface area (Å²) >= 11 is 0. The molecule has 2 amide bonds. The predicted molar refractivity (Wildman–Crippen MR) is 211 cm³/mol. The first-order valence-corrected chi connectivity index (χ1v) is 19.5. The Bertz CT molecular complexity index is 1880. The largest absolute Gasteiger partial charge is 0.493 e. The Morgan fingerprint density at radius 2 is 1.06 bits per heavy atom. The molecule has 2 saturated heterocycles. The highest BCUT2D eigenvalue weighted by Crippen LogP contribution is 2.55. The molecule has 3 unspecified atom stereocenters. The number of methoxy groups -OCH3 is 4. The lowest BCUT2D eigenvalue weighted by Gasteiger charge is -2.37. The van der Waals surface area contributed by atoms with Gasteiger partial charge in [0.05, 0.1) is 34.4 Å². The van der Waals surface area contributed by atoms with Crippen molar-refractivity contribution in [3.8, 4) is 23.0 Å². The van der Waals surface area contributed by atoms with E-state index in [2.05, 4.69) is 65.6 Å². The maximum Gasteiger partial charge on any atom is 0.227 e. The number of piperidine rings is 2. The van der Waals surface area contributed by atoms with Crippen molar-refractivity contribution in [3.05, 3.63) is 119 Å². The average Bonchev–Trinajstić information content (AvgIpc) is 3.53. The molecule has 8 nitrogen and oxygen atoms in total. The second-order valence-electron chi connectivity index (χ2n) is 15.2. The highest BCUT2D eigenvalue weighted by Gasteiger charge is 2.49. The number of rotatable bonds is 12. The van der Waals surface area contributed by atoms with Crippen LogP contribution in [-0.4, -0.2) is 76.2 Å². The molecule has 0 bridgehead atoms. The second-order valence-corrected chi connectivity index (χ2v) is 15.2. The molecular formula is C46H54N2O6. The third-order valence-corrected chi connectivity index (χ3v) is 12.2. The number of carbonyl (C=O) groups is 2. The molecule has 2 aliphatic heterocycles. The van der Waals surface area contributed by atoms with Crippen molar-refractivity contribution >= 4 is 11.8 Å². The van der Waals surface area contributed by atoms with Crippen molar-refractivity contribution in [1.82, 2.24) is 9.80 Å². The van der Waals surface area contributed by atoms with Gasteiger partial charge in [-0.3, -0.25) is 9.59 Å². The Labute approximate surface area is 320 Å². The number of hydrogen-bond acceptors (Lipinski definition) is 6. The van der Waals surface area contributed by atoms with Crippen LogP contribution in [-0.2, 0) is 22.4 Å². The Hall–Kier alpha value is -4.98. The smallest absolute Gasteiger partial charge is 0.227 e. The molecule has 0 aromatic heterocycles. The third kappa shape index (κ3) is 7.94. The molecule has 0 spiro atoms. The fraction of sp³-hybridized carbons (Fsp3) is 0.435. The van der Waals surface area contributed by atoms with Crippen LogP contribution in [0.1, 0.15) is 71.8 Å². The first kappa shape index (κ1) is 37.3. The first-order valence-electron chi connectivity index (χ1n) is 19.5. The number of nitrogens with zero attached hydrogens (tertiary/aromatic N) is 2. The number of likely N-dealkylation sites (tertiary alicyclic amines) is 2. The minimum atomic E-state index is -0.500. The van der Waals surface area contributed by atoms with E-state index in [4.69, 9.17) is 18.9 Å². The van der Waals surface area contributed by atoms with Crippen molar-refractivity contribution in [2.24, 2.45) is 17.8 Å². The van der Waals surface area contributed by atoms with Crippen LogP contribution in [0.4, 0.5) is 0 Å². The van der Waals surface area contributed by atoms with Gasteiger partial charge in [0.15, 0.2) is 23.0 Å². The van der Waals surface area contributed by atoms with Gasteiger partial charge in [-0.05, 0) is 102 Å². The molecule has 1 aliphatic carbocycles. The van der Waals surface area contributed by atoms with Crippen LogP contribution in [0.25, 0.3) is 0 Å². The molecule has 284 valence electrons. The Morgan fingerprint density at radius 1 is 0.574 bits per heavy atom. The summed E-state index contributed by atoms with van der Waals surface area (Å²) in [4.78, 5) is 33.7. The number of carbonyl (C=O) groups excluding carboxylic acids is 2. The molecular weight excluding hydrogens is 677 g/mol. The number of amides is 2. The fourth-order valence-corrected chi connectivity index (χ4v) is 9.27. The molecule has 2 heterocycles. The van der Waals surface area contributed by atoms with E-state index in [1.54, 1.807) is 28.4 Å². The summed E-state index contributed by atoms with van der Waals surface area (Å²) in [7, 11) is 6.52. The average molecular weight is 731 g/mol. The summed E-state index contributed by atoms with van der Waals surface area (Å²) in [6, 6.07) is 31.2. The molecule has 3 atom stereocenters. The van der Waals surface area contributed by atoms with Crippen LogP contribution in [0.15, 0.2) is 91.0 Å². The molecule has 2 fully saturated rings. The summed E-state index contributed by atoms with van der Waals surface area (Å²) in [5.41, 5.74) is 5.58. The zero-order valence-electron chi connectivity index (χ0n) is 32.2. The van der Waals surface area contributed by atoms with E-state index in [-0.39, 0.29) is 30.1 Å². The zero-order chi connectivity index (χ0) is 37.6. The topological polar surface area (TPSA) is 77.5 Å². The number of fused-ring (bicyclic) bond motifs is 1. The van der Waals surface area contributed by atoms with Crippen LogP contribution in [0.2, 0.25) is 0 Å². The van der Waals surface area contributed by atoms with Gasteiger partial charge in [0.25, 0.3) is 0 Å². The van der Waals surface area contributed by atoms with Gasteiger partial charge in [0.1, 0.15) is 0 Å². The molecule has 4 aromatic rings. The molecule has 8 heteroatoms. The van der Waals surface area contributed by atoms with Gasteiger partial charge in [0.2, 0.25) is 11.8 Å². The van der Waals surface area contributed by atoms with E-state index in [9.17, 15) is 4.79 Å². The van der Waals surface area contributed by atoms with Crippen LogP contribution in [0, 0.1) is 17.8 Å². The molecule has 3 aliphatic rings. The lowest BCUT2D eigenvalue weighted by Crippen LogP contribution is -2.45. The molecule has 0 saturated carbocycles. The van der Waals surface area contributed by atoms with Gasteiger partial charge in [-0.25, -0.2) is 0 Å². The normalized spacial score (nSPS) is 20.3. The summed E-state index contributed by atoms with van der Waals surface area (Å²) in [5.74, 6) is 2.51. The molecule has 0 radical (unpaired) electrons. The maximum absolute atomic E-state index is 15.2. The van der Waals surface area contributed by atoms with Crippen molar-refractivity contribution in [3.63, 3.8) is 0 Å². The van der Waals surface area contributed by atoms with Crippen molar-refractivity contribution in [2.75, 3.05) is 54.6 Å². The quantitative estimate of drug-likeness (QED) is 0.148. The summed E-state index contributed by atoms with van der Waals surface area (Å²) in [6.45, 7) is 2.86. The SMILES string of the molecule is COc1ccc(C2c3cc(OC)c(OC)cc3C(CC(=O)N3CCC(Cc4ccccc4)CC3)C2C(=O)N2CCC(Cc3ccccc3)CC2)cc1OC. The highest BCUT2D eigenvalue weighted by molar-refractivity contribution is 5.86. The molecule has 7 rings (SSSR count). The minimum Gasteiger partial charge on any atom is -0.493 e. The standard InChI is InChI=1S/C46H54N2O6/c1-51-39-16-15-35(27-40(39)52-2)44-37-29-42(54-4)41(53-3)28-36(37)38(30-43(49)47-21-17-33(18-22-47)25-31-11-7-5-8-12-31)45(44)46(50)48-23-19-34(20-24-48)26-32-13-9-6-10-14-32/h5-16,27-29,33-34,38,44-45H,17-26,30H2,1-4H3. The van der Waals surface area contributed by atoms with E-state index in [1.165, 1.54) is 11.1 Å². The van der Waals surface area contributed by atoms with E-state index < -0.39 is 5.92 Å². The van der Waals surface area contributed by atoms with E-state index >= 15 is 4.79 Å². The number of hydrogen-bond donors (Lipinski definition) is 0. The maximum atomic E-state index is 15.2. The van der Waals surface area contributed by atoms with Crippen LogP contribution < -0.4 is 18.9 Å². The summed E-state index contributed by atoms with van der Waals surface area (Å²) < 4.78 is 23.0. The minimum absolute atomic E-state index is 0.0986. The van der Waals surface area contributed by atoms with Gasteiger partial charge in [0, 0.05) is 44.4 Å². The lowest BCUT2D eigenvalue weighted by molar-refractivity contribution is -0.139. The van der Waals surface area contributed by atoms with E-state index in [0.29, 0.717) is 47.9 Å². The van der Waals surface area contributed by atoms with Gasteiger partial charge in [-0.2, -0.15) is 0 Å². The van der Waals surface area contributed by atoms with Crippen LogP contribution in [0.5, 0.6) is 23.0 Å².